The summed E-state index contributed by atoms with van der Waals surface area (Å²) in [5.41, 5.74) is 0.322. The Morgan fingerprint density at radius 3 is 2.69 bits per heavy atom. The molecule has 1 aromatic rings. The zero-order valence-electron chi connectivity index (χ0n) is 14.9. The van der Waals surface area contributed by atoms with Gasteiger partial charge in [0, 0.05) is 19.6 Å². The SMILES string of the molecule is CC(NC(=O)c1ccccc1Cl)C(=O)N1CCCC(CNS(C)(=O)=O)C1. The number of likely N-dealkylation sites (tertiary alicyclic amines) is 1. The van der Waals surface area contributed by atoms with Gasteiger partial charge >= 0.3 is 0 Å². The van der Waals surface area contributed by atoms with Crippen LogP contribution in [0.4, 0.5) is 0 Å². The lowest BCUT2D eigenvalue weighted by molar-refractivity contribution is -0.134. The highest BCUT2D eigenvalue weighted by molar-refractivity contribution is 7.88. The van der Waals surface area contributed by atoms with E-state index in [1.807, 2.05) is 0 Å². The van der Waals surface area contributed by atoms with Crippen LogP contribution in [0.25, 0.3) is 0 Å². The maximum Gasteiger partial charge on any atom is 0.253 e. The summed E-state index contributed by atoms with van der Waals surface area (Å²) < 4.78 is 25.0. The van der Waals surface area contributed by atoms with Gasteiger partial charge in [-0.25, -0.2) is 13.1 Å². The van der Waals surface area contributed by atoms with Gasteiger partial charge in [0.1, 0.15) is 6.04 Å². The summed E-state index contributed by atoms with van der Waals surface area (Å²) in [6, 6.07) is 5.96. The highest BCUT2D eigenvalue weighted by atomic mass is 35.5. The van der Waals surface area contributed by atoms with Crippen molar-refractivity contribution in [2.45, 2.75) is 25.8 Å². The number of rotatable bonds is 6. The molecule has 2 rings (SSSR count). The monoisotopic (exact) mass is 401 g/mol. The van der Waals surface area contributed by atoms with E-state index in [1.54, 1.807) is 36.1 Å². The van der Waals surface area contributed by atoms with Crippen molar-refractivity contribution in [3.63, 3.8) is 0 Å². The van der Waals surface area contributed by atoms with Gasteiger partial charge in [-0.15, -0.1) is 0 Å². The first-order valence-corrected chi connectivity index (χ1v) is 10.7. The molecule has 26 heavy (non-hydrogen) atoms. The third kappa shape index (κ3) is 5.96. The number of sulfonamides is 1. The number of halogens is 1. The molecule has 0 spiro atoms. The van der Waals surface area contributed by atoms with Gasteiger partial charge in [-0.2, -0.15) is 0 Å². The largest absolute Gasteiger partial charge is 0.341 e. The van der Waals surface area contributed by atoms with Crippen LogP contribution in [0.15, 0.2) is 24.3 Å². The molecule has 0 bridgehead atoms. The summed E-state index contributed by atoms with van der Waals surface area (Å²) in [6.07, 6.45) is 2.77. The Morgan fingerprint density at radius 2 is 2.04 bits per heavy atom. The van der Waals surface area contributed by atoms with E-state index in [0.717, 1.165) is 19.1 Å². The molecule has 0 aromatic heterocycles. The number of amides is 2. The smallest absolute Gasteiger partial charge is 0.253 e. The van der Waals surface area contributed by atoms with Crippen molar-refractivity contribution in [3.05, 3.63) is 34.9 Å². The molecule has 7 nitrogen and oxygen atoms in total. The van der Waals surface area contributed by atoms with Crippen LogP contribution in [-0.2, 0) is 14.8 Å². The third-order valence-electron chi connectivity index (χ3n) is 4.30. The van der Waals surface area contributed by atoms with Gasteiger partial charge in [0.25, 0.3) is 5.91 Å². The molecule has 144 valence electrons. The molecule has 2 atom stereocenters. The van der Waals surface area contributed by atoms with Crippen LogP contribution in [-0.4, -0.2) is 57.1 Å². The number of hydrogen-bond acceptors (Lipinski definition) is 4. The summed E-state index contributed by atoms with van der Waals surface area (Å²) in [5.74, 6) is -0.521. The van der Waals surface area contributed by atoms with Crippen LogP contribution >= 0.6 is 11.6 Å². The van der Waals surface area contributed by atoms with Crippen LogP contribution in [0, 0.1) is 5.92 Å². The fourth-order valence-electron chi connectivity index (χ4n) is 2.96. The van der Waals surface area contributed by atoms with Gasteiger partial charge in [-0.1, -0.05) is 23.7 Å². The van der Waals surface area contributed by atoms with Gasteiger partial charge < -0.3 is 10.2 Å². The predicted octanol–water partition coefficient (Wildman–Crippen LogP) is 1.25. The van der Waals surface area contributed by atoms with Gasteiger partial charge in [0.05, 0.1) is 16.8 Å². The second-order valence-corrected chi connectivity index (χ2v) is 8.83. The van der Waals surface area contributed by atoms with Gasteiger partial charge in [0.2, 0.25) is 15.9 Å². The molecule has 1 saturated heterocycles. The Kier molecular flexibility index (Phi) is 7.02. The molecule has 2 unspecified atom stereocenters. The maximum absolute atomic E-state index is 12.6. The standard InChI is InChI=1S/C17H24ClN3O4S/c1-12(20-16(22)14-7-3-4-8-15(14)18)17(23)21-9-5-6-13(11-21)10-19-26(2,24)25/h3-4,7-8,12-13,19H,5-6,9-11H2,1-2H3,(H,20,22). The average molecular weight is 402 g/mol. The summed E-state index contributed by atoms with van der Waals surface area (Å²) >= 11 is 6.01. The Morgan fingerprint density at radius 1 is 1.35 bits per heavy atom. The number of carbonyl (C=O) groups excluding carboxylic acids is 2. The van der Waals surface area contributed by atoms with E-state index in [1.165, 1.54) is 0 Å². The molecule has 1 heterocycles. The zero-order valence-corrected chi connectivity index (χ0v) is 16.4. The van der Waals surface area contributed by atoms with E-state index < -0.39 is 22.0 Å². The quantitative estimate of drug-likeness (QED) is 0.749. The molecule has 2 N–H and O–H groups in total. The average Bonchev–Trinajstić information content (AvgIpc) is 2.59. The number of nitrogens with zero attached hydrogens (tertiary/aromatic N) is 1. The fraction of sp³-hybridized carbons (Fsp3) is 0.529. The van der Waals surface area contributed by atoms with Crippen LogP contribution in [0.1, 0.15) is 30.1 Å². The molecule has 9 heteroatoms. The van der Waals surface area contributed by atoms with E-state index in [9.17, 15) is 18.0 Å². The maximum atomic E-state index is 12.6. The summed E-state index contributed by atoms with van der Waals surface area (Å²) in [7, 11) is -3.25. The lowest BCUT2D eigenvalue weighted by Gasteiger charge is -2.34. The van der Waals surface area contributed by atoms with E-state index >= 15 is 0 Å². The lowest BCUT2D eigenvalue weighted by atomic mass is 9.98. The minimum absolute atomic E-state index is 0.0638. The third-order valence-corrected chi connectivity index (χ3v) is 5.32. The normalized spacial score (nSPS) is 19.0. The Bertz CT molecular complexity index is 769. The van der Waals surface area contributed by atoms with Crippen LogP contribution in [0.5, 0.6) is 0 Å². The molecule has 1 aliphatic rings. The minimum Gasteiger partial charge on any atom is -0.341 e. The van der Waals surface area contributed by atoms with Crippen LogP contribution < -0.4 is 10.0 Å². The number of piperidine rings is 1. The van der Waals surface area contributed by atoms with Gasteiger partial charge in [0.15, 0.2) is 0 Å². The number of hydrogen-bond donors (Lipinski definition) is 2. The topological polar surface area (TPSA) is 95.6 Å². The van der Waals surface area contributed by atoms with Crippen LogP contribution in [0.3, 0.4) is 0 Å². The Hall–Kier alpha value is -1.64. The Balaban J connectivity index is 1.92. The minimum atomic E-state index is -3.25. The first kappa shape index (κ1) is 20.7. The van der Waals surface area contributed by atoms with Crippen LogP contribution in [0.2, 0.25) is 5.02 Å². The Labute approximate surface area is 159 Å². The summed E-state index contributed by atoms with van der Waals surface area (Å²) in [4.78, 5) is 26.6. The predicted molar refractivity (Wildman–Crippen MR) is 101 cm³/mol. The van der Waals surface area contributed by atoms with E-state index in [4.69, 9.17) is 11.6 Å². The van der Waals surface area contributed by atoms with E-state index in [-0.39, 0.29) is 11.8 Å². The molecule has 2 amide bonds. The van der Waals surface area contributed by atoms with E-state index in [2.05, 4.69) is 10.0 Å². The molecular formula is C17H24ClN3O4S. The van der Waals surface area contributed by atoms with Crippen molar-refractivity contribution in [1.29, 1.82) is 0 Å². The number of benzene rings is 1. The molecule has 0 aliphatic carbocycles. The van der Waals surface area contributed by atoms with Crippen molar-refractivity contribution in [2.75, 3.05) is 25.9 Å². The van der Waals surface area contributed by atoms with Crippen molar-refractivity contribution < 1.29 is 18.0 Å². The van der Waals surface area contributed by atoms with Crippen molar-refractivity contribution >= 4 is 33.4 Å². The van der Waals surface area contributed by atoms with Gasteiger partial charge in [-0.3, -0.25) is 9.59 Å². The van der Waals surface area contributed by atoms with Crippen molar-refractivity contribution in [2.24, 2.45) is 5.92 Å². The molecule has 1 aromatic carbocycles. The molecule has 0 radical (unpaired) electrons. The fourth-order valence-corrected chi connectivity index (χ4v) is 3.72. The first-order chi connectivity index (χ1) is 12.2. The molecule has 0 saturated carbocycles. The molecule has 1 fully saturated rings. The molecule has 1 aliphatic heterocycles. The van der Waals surface area contributed by atoms with Crippen molar-refractivity contribution in [1.82, 2.24) is 14.9 Å². The highest BCUT2D eigenvalue weighted by Crippen LogP contribution is 2.18. The second kappa shape index (κ2) is 8.83. The number of nitrogens with one attached hydrogen (secondary N) is 2. The molecular weight excluding hydrogens is 378 g/mol. The highest BCUT2D eigenvalue weighted by Gasteiger charge is 2.28. The zero-order chi connectivity index (χ0) is 19.3. The van der Waals surface area contributed by atoms with Gasteiger partial charge in [-0.05, 0) is 37.8 Å². The second-order valence-electron chi connectivity index (χ2n) is 6.59. The lowest BCUT2D eigenvalue weighted by Crippen LogP contribution is -2.51. The summed E-state index contributed by atoms with van der Waals surface area (Å²) in [6.45, 7) is 3.01. The summed E-state index contributed by atoms with van der Waals surface area (Å²) in [5, 5.41) is 3.01. The van der Waals surface area contributed by atoms with Crippen molar-refractivity contribution in [3.8, 4) is 0 Å². The van der Waals surface area contributed by atoms with E-state index in [0.29, 0.717) is 30.2 Å². The first-order valence-electron chi connectivity index (χ1n) is 8.46. The number of carbonyl (C=O) groups is 2.